The maximum atomic E-state index is 13.2. The van der Waals surface area contributed by atoms with Crippen LogP contribution >= 0.6 is 11.8 Å². The number of hydrogen-bond donors (Lipinski definition) is 0. The number of thioether (sulfide) groups is 1. The van der Waals surface area contributed by atoms with Gasteiger partial charge in [0.15, 0.2) is 5.82 Å². The molecule has 31 heavy (non-hydrogen) atoms. The van der Waals surface area contributed by atoms with Gasteiger partial charge in [-0.1, -0.05) is 0 Å². The van der Waals surface area contributed by atoms with Gasteiger partial charge in [0.05, 0.1) is 17.2 Å². The molecule has 6 nitrogen and oxygen atoms in total. The van der Waals surface area contributed by atoms with Gasteiger partial charge >= 0.3 is 12.4 Å². The van der Waals surface area contributed by atoms with Crippen LogP contribution in [0.5, 0.6) is 0 Å². The van der Waals surface area contributed by atoms with Crippen LogP contribution in [0.1, 0.15) is 28.6 Å². The predicted octanol–water partition coefficient (Wildman–Crippen LogP) is 4.34. The van der Waals surface area contributed by atoms with Crippen LogP contribution in [0, 0.1) is 0 Å². The van der Waals surface area contributed by atoms with Gasteiger partial charge in [-0.3, -0.25) is 4.90 Å². The van der Waals surface area contributed by atoms with Crippen molar-refractivity contribution in [2.75, 3.05) is 11.6 Å². The normalized spacial score (nSPS) is 17.9. The number of aromatic nitrogens is 5. The average Bonchev–Trinajstić information content (AvgIpc) is 3.36. The van der Waals surface area contributed by atoms with Crippen molar-refractivity contribution in [2.24, 2.45) is 0 Å². The average molecular weight is 460 g/mol. The van der Waals surface area contributed by atoms with E-state index >= 15 is 0 Å². The maximum absolute atomic E-state index is 13.2. The summed E-state index contributed by atoms with van der Waals surface area (Å²) in [5, 5.41) is 4.11. The first-order valence-electron chi connectivity index (χ1n) is 8.90. The molecule has 2 aromatic heterocycles. The molecule has 3 aromatic rings. The van der Waals surface area contributed by atoms with Crippen molar-refractivity contribution < 1.29 is 26.3 Å². The SMILES string of the molecule is FC(F)(F)c1cc(CN2CSC[C@H]2c2ncnn2-c2ncccn2)cc(C(F)(F)F)c1. The summed E-state index contributed by atoms with van der Waals surface area (Å²) in [6.07, 6.45) is -5.43. The molecule has 1 atom stereocenters. The minimum absolute atomic E-state index is 0.0864. The Bertz CT molecular complexity index is 1020. The molecule has 0 spiro atoms. The van der Waals surface area contributed by atoms with Gasteiger partial charge in [-0.15, -0.1) is 11.8 Å². The monoisotopic (exact) mass is 460 g/mol. The highest BCUT2D eigenvalue weighted by atomic mass is 32.2. The highest BCUT2D eigenvalue weighted by Crippen LogP contribution is 2.38. The third-order valence-electron chi connectivity index (χ3n) is 4.62. The molecule has 3 heterocycles. The second kappa shape index (κ2) is 8.11. The van der Waals surface area contributed by atoms with Gasteiger partial charge in [-0.05, 0) is 29.8 Å². The van der Waals surface area contributed by atoms with Crippen LogP contribution in [0.25, 0.3) is 5.95 Å². The van der Waals surface area contributed by atoms with Gasteiger partial charge in [0, 0.05) is 30.6 Å². The minimum Gasteiger partial charge on any atom is -0.279 e. The summed E-state index contributed by atoms with van der Waals surface area (Å²) in [5.41, 5.74) is -2.75. The fourth-order valence-corrected chi connectivity index (χ4v) is 4.44. The summed E-state index contributed by atoms with van der Waals surface area (Å²) in [7, 11) is 0. The van der Waals surface area contributed by atoms with Gasteiger partial charge < -0.3 is 0 Å². The lowest BCUT2D eigenvalue weighted by atomic mass is 10.0. The largest absolute Gasteiger partial charge is 0.416 e. The number of halogens is 6. The highest BCUT2D eigenvalue weighted by molar-refractivity contribution is 7.99. The van der Waals surface area contributed by atoms with E-state index < -0.39 is 23.5 Å². The topological polar surface area (TPSA) is 59.7 Å². The fraction of sp³-hybridized carbons (Fsp3) is 0.333. The minimum atomic E-state index is -4.89. The lowest BCUT2D eigenvalue weighted by Gasteiger charge is -2.24. The summed E-state index contributed by atoms with van der Waals surface area (Å²) in [6.45, 7) is -0.118. The van der Waals surface area contributed by atoms with Crippen molar-refractivity contribution in [1.29, 1.82) is 0 Å². The summed E-state index contributed by atoms with van der Waals surface area (Å²) in [5.74, 6) is 1.67. The molecular formula is C18H14F6N6S. The van der Waals surface area contributed by atoms with Crippen molar-refractivity contribution in [1.82, 2.24) is 29.6 Å². The quantitative estimate of drug-likeness (QED) is 0.540. The van der Waals surface area contributed by atoms with Gasteiger partial charge in [0.25, 0.3) is 5.95 Å². The molecule has 0 N–H and O–H groups in total. The van der Waals surface area contributed by atoms with Gasteiger partial charge in [0.2, 0.25) is 0 Å². The molecule has 1 aliphatic rings. The number of hydrogen-bond acceptors (Lipinski definition) is 6. The molecule has 164 valence electrons. The van der Waals surface area contributed by atoms with Crippen molar-refractivity contribution in [3.05, 3.63) is 65.5 Å². The van der Waals surface area contributed by atoms with Crippen LogP contribution in [0.3, 0.4) is 0 Å². The molecule has 0 bridgehead atoms. The molecule has 4 rings (SSSR count). The van der Waals surface area contributed by atoms with Gasteiger partial charge in [0.1, 0.15) is 6.33 Å². The molecule has 13 heteroatoms. The van der Waals surface area contributed by atoms with E-state index in [2.05, 4.69) is 20.1 Å². The number of nitrogens with zero attached hydrogens (tertiary/aromatic N) is 6. The van der Waals surface area contributed by atoms with Crippen LogP contribution in [-0.2, 0) is 18.9 Å². The molecule has 1 aliphatic heterocycles. The van der Waals surface area contributed by atoms with Crippen LogP contribution < -0.4 is 0 Å². The molecular weight excluding hydrogens is 446 g/mol. The Morgan fingerprint density at radius 3 is 2.19 bits per heavy atom. The van der Waals surface area contributed by atoms with Crippen LogP contribution in [0.15, 0.2) is 43.0 Å². The Balaban J connectivity index is 1.65. The lowest BCUT2D eigenvalue weighted by molar-refractivity contribution is -0.143. The molecule has 1 aromatic carbocycles. The second-order valence-electron chi connectivity index (χ2n) is 6.76. The molecule has 0 aliphatic carbocycles. The Morgan fingerprint density at radius 2 is 1.58 bits per heavy atom. The van der Waals surface area contributed by atoms with E-state index in [0.717, 1.165) is 12.1 Å². The van der Waals surface area contributed by atoms with Crippen LogP contribution in [0.2, 0.25) is 0 Å². The number of benzene rings is 1. The summed E-state index contributed by atoms with van der Waals surface area (Å²) < 4.78 is 80.4. The molecule has 1 saturated heterocycles. The van der Waals surface area contributed by atoms with Gasteiger partial charge in [-0.2, -0.15) is 36.1 Å². The molecule has 1 fully saturated rings. The predicted molar refractivity (Wildman–Crippen MR) is 99.0 cm³/mol. The molecule has 0 saturated carbocycles. The van der Waals surface area contributed by atoms with Crippen molar-refractivity contribution in [3.8, 4) is 5.95 Å². The van der Waals surface area contributed by atoms with E-state index in [1.807, 2.05) is 0 Å². The highest BCUT2D eigenvalue weighted by Gasteiger charge is 2.38. The Labute approximate surface area is 176 Å². The number of alkyl halides is 6. The standard InChI is InChI=1S/C18H14F6N6S/c19-17(20,21)12-4-11(5-13(6-12)18(22,23)24)7-29-10-31-8-14(29)15-27-9-28-30(15)16-25-2-1-3-26-16/h1-6,9,14H,7-8,10H2/t14-/m0/s1. The zero-order chi connectivity index (χ0) is 22.2. The first-order valence-corrected chi connectivity index (χ1v) is 10.1. The van der Waals surface area contributed by atoms with E-state index in [0.29, 0.717) is 17.5 Å². The van der Waals surface area contributed by atoms with Crippen molar-refractivity contribution in [3.63, 3.8) is 0 Å². The number of rotatable bonds is 4. The third kappa shape index (κ3) is 4.66. The fourth-order valence-electron chi connectivity index (χ4n) is 3.25. The maximum Gasteiger partial charge on any atom is 0.416 e. The summed E-state index contributed by atoms with van der Waals surface area (Å²) in [6, 6.07) is 2.87. The van der Waals surface area contributed by atoms with E-state index in [4.69, 9.17) is 0 Å². The van der Waals surface area contributed by atoms with Crippen molar-refractivity contribution in [2.45, 2.75) is 24.9 Å². The smallest absolute Gasteiger partial charge is 0.279 e. The van der Waals surface area contributed by atoms with Crippen LogP contribution in [-0.4, -0.2) is 41.3 Å². The molecule has 0 unspecified atom stereocenters. The van der Waals surface area contributed by atoms with Crippen molar-refractivity contribution >= 4 is 11.8 Å². The first-order chi connectivity index (χ1) is 14.6. The van der Waals surface area contributed by atoms with E-state index in [9.17, 15) is 26.3 Å². The van der Waals surface area contributed by atoms with Gasteiger partial charge in [-0.25, -0.2) is 15.0 Å². The van der Waals surface area contributed by atoms with E-state index in [1.165, 1.54) is 35.2 Å². The zero-order valence-corrected chi connectivity index (χ0v) is 16.4. The Hall–Kier alpha value is -2.67. The third-order valence-corrected chi connectivity index (χ3v) is 5.69. The van der Waals surface area contributed by atoms with E-state index in [-0.39, 0.29) is 30.2 Å². The van der Waals surface area contributed by atoms with Crippen LogP contribution in [0.4, 0.5) is 26.3 Å². The second-order valence-corrected chi connectivity index (χ2v) is 7.76. The summed E-state index contributed by atoms with van der Waals surface area (Å²) in [4.78, 5) is 14.2. The Kier molecular flexibility index (Phi) is 5.64. The zero-order valence-electron chi connectivity index (χ0n) is 15.6. The first kappa shape index (κ1) is 21.6. The molecule has 0 amide bonds. The summed E-state index contributed by atoms with van der Waals surface area (Å²) >= 11 is 1.49. The lowest BCUT2D eigenvalue weighted by Crippen LogP contribution is -2.27. The Morgan fingerprint density at radius 1 is 0.935 bits per heavy atom. The molecule has 0 radical (unpaired) electrons. The van der Waals surface area contributed by atoms with E-state index in [1.54, 1.807) is 11.0 Å².